The minimum atomic E-state index is -0.538. The van der Waals surface area contributed by atoms with E-state index in [0.717, 1.165) is 27.7 Å². The smallest absolute Gasteiger partial charge is 0.416 e. The first kappa shape index (κ1) is 21.8. The molecule has 8 heteroatoms. The Bertz CT molecular complexity index is 1390. The van der Waals surface area contributed by atoms with Gasteiger partial charge >= 0.3 is 6.09 Å². The highest BCUT2D eigenvalue weighted by Crippen LogP contribution is 2.40. The molecule has 5 rings (SSSR count). The Labute approximate surface area is 200 Å². The predicted octanol–water partition coefficient (Wildman–Crippen LogP) is 6.01. The zero-order valence-corrected chi connectivity index (χ0v) is 18.7. The number of carbonyl (C=O) groups excluding carboxylic acids is 1. The number of carbonyl (C=O) groups is 1. The third kappa shape index (κ3) is 4.16. The fourth-order valence-electron chi connectivity index (χ4n) is 4.33. The van der Waals surface area contributed by atoms with Gasteiger partial charge in [-0.05, 0) is 72.1 Å². The molecule has 6 nitrogen and oxygen atoms in total. The summed E-state index contributed by atoms with van der Waals surface area (Å²) in [5, 5.41) is 10.4. The molecule has 0 aliphatic carbocycles. The maximum Gasteiger partial charge on any atom is 0.416 e. The first-order valence-corrected chi connectivity index (χ1v) is 11.0. The number of nitrogens with zero attached hydrogens (tertiary/aromatic N) is 2. The largest absolute Gasteiger partial charge is 0.479 e. The van der Waals surface area contributed by atoms with Crippen molar-refractivity contribution in [1.82, 2.24) is 9.88 Å². The lowest BCUT2D eigenvalue weighted by Gasteiger charge is -2.35. The molecule has 0 radical (unpaired) electrons. The molecule has 0 spiro atoms. The van der Waals surface area contributed by atoms with Crippen molar-refractivity contribution in [3.05, 3.63) is 94.4 Å². The Kier molecular flexibility index (Phi) is 5.83. The van der Waals surface area contributed by atoms with E-state index in [9.17, 15) is 9.18 Å². The summed E-state index contributed by atoms with van der Waals surface area (Å²) in [7, 11) is 0. The molecule has 0 fully saturated rings. The van der Waals surface area contributed by atoms with Gasteiger partial charge in [0.1, 0.15) is 29.4 Å². The molecule has 2 heterocycles. The number of aromatic amines is 1. The number of aromatic nitrogens is 1. The van der Waals surface area contributed by atoms with Crippen molar-refractivity contribution in [2.45, 2.75) is 12.5 Å². The van der Waals surface area contributed by atoms with E-state index in [1.807, 2.05) is 36.4 Å². The minimum absolute atomic E-state index is 0.0498. The van der Waals surface area contributed by atoms with E-state index >= 15 is 0 Å². The van der Waals surface area contributed by atoms with Crippen molar-refractivity contribution in [2.75, 3.05) is 13.2 Å². The van der Waals surface area contributed by atoms with Crippen LogP contribution in [-0.2, 0) is 6.42 Å². The van der Waals surface area contributed by atoms with E-state index in [0.29, 0.717) is 23.7 Å². The van der Waals surface area contributed by atoms with E-state index < -0.39 is 18.0 Å². The van der Waals surface area contributed by atoms with E-state index in [1.165, 1.54) is 24.3 Å². The molecule has 1 aliphatic heterocycles. The third-order valence-electron chi connectivity index (χ3n) is 5.84. The van der Waals surface area contributed by atoms with Gasteiger partial charge in [-0.3, -0.25) is 4.90 Å². The molecule has 0 saturated heterocycles. The predicted molar refractivity (Wildman–Crippen MR) is 126 cm³/mol. The van der Waals surface area contributed by atoms with Crippen LogP contribution in [0.1, 0.15) is 22.9 Å². The zero-order valence-electron chi connectivity index (χ0n) is 17.9. The monoisotopic (exact) mass is 475 g/mol. The molecule has 1 aliphatic rings. The summed E-state index contributed by atoms with van der Waals surface area (Å²) < 4.78 is 24.2. The summed E-state index contributed by atoms with van der Waals surface area (Å²) in [6.07, 6.45) is 0.0809. The van der Waals surface area contributed by atoms with Crippen LogP contribution >= 0.6 is 11.6 Å². The number of fused-ring (bicyclic) bond motifs is 3. The summed E-state index contributed by atoms with van der Waals surface area (Å²) in [5.74, 6) is 0.417. The second kappa shape index (κ2) is 9.08. The lowest BCUT2D eigenvalue weighted by atomic mass is 9.92. The van der Waals surface area contributed by atoms with Gasteiger partial charge < -0.3 is 14.5 Å². The van der Waals surface area contributed by atoms with Crippen LogP contribution in [0.5, 0.6) is 11.5 Å². The van der Waals surface area contributed by atoms with Gasteiger partial charge in [-0.15, -0.1) is 0 Å². The number of hydrogen-bond acceptors (Lipinski definition) is 4. The van der Waals surface area contributed by atoms with E-state index in [-0.39, 0.29) is 12.4 Å². The average molecular weight is 476 g/mol. The van der Waals surface area contributed by atoms with Crippen LogP contribution in [0, 0.1) is 17.1 Å². The van der Waals surface area contributed by atoms with Crippen LogP contribution in [0.4, 0.5) is 9.18 Å². The van der Waals surface area contributed by atoms with Crippen molar-refractivity contribution in [2.24, 2.45) is 0 Å². The van der Waals surface area contributed by atoms with Crippen LogP contribution in [0.2, 0.25) is 5.02 Å². The Balaban J connectivity index is 1.54. The third-order valence-corrected chi connectivity index (χ3v) is 6.08. The number of hydrogen-bond donors (Lipinski definition) is 1. The van der Waals surface area contributed by atoms with Crippen molar-refractivity contribution < 1.29 is 18.7 Å². The number of benzene rings is 3. The number of ether oxygens (including phenoxy) is 2. The number of H-pyrrole nitrogens is 1. The Hall–Kier alpha value is -4.02. The number of halogens is 2. The number of amides is 1. The summed E-state index contributed by atoms with van der Waals surface area (Å²) >= 11 is 6.25. The molecular weight excluding hydrogens is 457 g/mol. The van der Waals surface area contributed by atoms with E-state index in [2.05, 4.69) is 4.98 Å². The molecule has 1 N–H and O–H groups in total. The summed E-state index contributed by atoms with van der Waals surface area (Å²) in [4.78, 5) is 18.3. The van der Waals surface area contributed by atoms with Crippen molar-refractivity contribution in [3.8, 4) is 17.6 Å². The molecule has 1 unspecified atom stereocenters. The standard InChI is InChI=1S/C26H19ClFN3O3/c27-17-3-10-23-22(15-17)21-11-13-31(26(32)34-20-8-4-18(28)5-9-20)25(24(21)30-23)16-1-6-19(7-2-16)33-14-12-29/h1-10,15,25,30H,11,13-14H2. The van der Waals surface area contributed by atoms with E-state index in [4.69, 9.17) is 26.3 Å². The molecule has 1 amide bonds. The van der Waals surface area contributed by atoms with Gasteiger partial charge in [0.05, 0.1) is 0 Å². The maximum absolute atomic E-state index is 13.3. The molecule has 34 heavy (non-hydrogen) atoms. The molecule has 0 bridgehead atoms. The van der Waals surface area contributed by atoms with Crippen molar-refractivity contribution >= 4 is 28.6 Å². The molecule has 170 valence electrons. The lowest BCUT2D eigenvalue weighted by molar-refractivity contribution is 0.135. The van der Waals surface area contributed by atoms with Gasteiger partial charge in [-0.1, -0.05) is 23.7 Å². The first-order valence-electron chi connectivity index (χ1n) is 10.7. The second-order valence-electron chi connectivity index (χ2n) is 7.89. The summed E-state index contributed by atoms with van der Waals surface area (Å²) in [5.41, 5.74) is 3.75. The van der Waals surface area contributed by atoms with Gasteiger partial charge in [-0.25, -0.2) is 9.18 Å². The van der Waals surface area contributed by atoms with Gasteiger partial charge in [0.15, 0.2) is 6.61 Å². The minimum Gasteiger partial charge on any atom is -0.479 e. The zero-order chi connectivity index (χ0) is 23.7. The molecule has 1 aromatic heterocycles. The van der Waals surface area contributed by atoms with Gasteiger partial charge in [-0.2, -0.15) is 5.26 Å². The molecule has 0 saturated carbocycles. The molecule has 1 atom stereocenters. The van der Waals surface area contributed by atoms with Crippen molar-refractivity contribution in [3.63, 3.8) is 0 Å². The van der Waals surface area contributed by atoms with Crippen LogP contribution in [0.15, 0.2) is 66.7 Å². The fourth-order valence-corrected chi connectivity index (χ4v) is 4.50. The second-order valence-corrected chi connectivity index (χ2v) is 8.33. The van der Waals surface area contributed by atoms with Crippen LogP contribution in [0.3, 0.4) is 0 Å². The molecule has 4 aromatic rings. The van der Waals surface area contributed by atoms with Gasteiger partial charge in [0, 0.05) is 28.2 Å². The van der Waals surface area contributed by atoms with Crippen LogP contribution in [-0.4, -0.2) is 29.1 Å². The Morgan fingerprint density at radius 2 is 1.85 bits per heavy atom. The highest BCUT2D eigenvalue weighted by molar-refractivity contribution is 6.31. The van der Waals surface area contributed by atoms with Crippen LogP contribution in [0.25, 0.3) is 10.9 Å². The highest BCUT2D eigenvalue weighted by atomic mass is 35.5. The lowest BCUT2D eigenvalue weighted by Crippen LogP contribution is -2.42. The normalized spacial score (nSPS) is 15.0. The van der Waals surface area contributed by atoms with E-state index in [1.54, 1.807) is 17.0 Å². The SMILES string of the molecule is N#CCOc1ccc(C2c3[nH]c4ccc(Cl)cc4c3CCN2C(=O)Oc2ccc(F)cc2)cc1. The highest BCUT2D eigenvalue weighted by Gasteiger charge is 2.35. The van der Waals surface area contributed by atoms with Gasteiger partial charge in [0.25, 0.3) is 0 Å². The number of nitriles is 1. The Morgan fingerprint density at radius 3 is 2.59 bits per heavy atom. The number of rotatable bonds is 4. The molecule has 3 aromatic carbocycles. The molecular formula is C26H19ClFN3O3. The maximum atomic E-state index is 13.3. The summed E-state index contributed by atoms with van der Waals surface area (Å²) in [6.45, 7) is 0.371. The quantitative estimate of drug-likeness (QED) is 0.392. The topological polar surface area (TPSA) is 78.4 Å². The van der Waals surface area contributed by atoms with Crippen LogP contribution < -0.4 is 9.47 Å². The van der Waals surface area contributed by atoms with Crippen molar-refractivity contribution in [1.29, 1.82) is 5.26 Å². The average Bonchev–Trinajstić information content (AvgIpc) is 3.21. The summed E-state index contributed by atoms with van der Waals surface area (Å²) in [6, 6.07) is 19.8. The first-order chi connectivity index (χ1) is 16.5. The van der Waals surface area contributed by atoms with Gasteiger partial charge in [0.2, 0.25) is 0 Å². The Morgan fingerprint density at radius 1 is 1.12 bits per heavy atom. The fraction of sp³-hybridized carbons (Fsp3) is 0.154. The number of nitrogens with one attached hydrogen (secondary N) is 1.